The van der Waals surface area contributed by atoms with E-state index < -0.39 is 5.54 Å². The number of quaternary nitrogens is 1. The minimum Gasteiger partial charge on any atom is -0.394 e. The minimum absolute atomic E-state index is 0.108. The molecule has 0 aromatic carbocycles. The number of nitrogens with zero attached hydrogens (tertiary/aromatic N) is 1. The Kier molecular flexibility index (Phi) is 35.8. The second kappa shape index (κ2) is 36.0. The fourth-order valence-corrected chi connectivity index (χ4v) is 7.55. The summed E-state index contributed by atoms with van der Waals surface area (Å²) in [4.78, 5) is 12.7. The van der Waals surface area contributed by atoms with Crippen LogP contribution in [0.25, 0.3) is 0 Å². The van der Waals surface area contributed by atoms with Crippen molar-refractivity contribution in [1.29, 1.82) is 0 Å². The van der Waals surface area contributed by atoms with E-state index >= 15 is 0 Å². The summed E-state index contributed by atoms with van der Waals surface area (Å²) in [6, 6.07) is 0. The molecule has 0 aliphatic rings. The van der Waals surface area contributed by atoms with Gasteiger partial charge >= 0.3 is 0 Å². The monoisotopic (exact) mass is 716 g/mol. The third kappa shape index (κ3) is 31.0. The van der Waals surface area contributed by atoms with Crippen LogP contribution in [0, 0.1) is 0 Å². The standard InChI is InChI=1S/C42H86N2O4S/c1-5-8-11-14-17-20-21-22-23-26-29-33-41(47)43-42(38-45,39-46)40-48-49-37-32-36-44(4,34-30-27-24-18-15-12-9-6-2)35-31-28-25-19-16-13-10-7-3/h45-46H,5-40H2,1-4H3/p+1. The molecule has 0 fully saturated rings. The van der Waals surface area contributed by atoms with Crippen LogP contribution in [0.5, 0.6) is 0 Å². The van der Waals surface area contributed by atoms with Gasteiger partial charge in [-0.3, -0.25) is 4.79 Å². The SMILES string of the molecule is CCCCCCCCCCCCCC(=O)NC(CO)(CO)COSCCC[N+](C)(CCCCCCCCCC)CCCCCCCCCC. The van der Waals surface area contributed by atoms with Crippen LogP contribution >= 0.6 is 12.0 Å². The van der Waals surface area contributed by atoms with E-state index in [-0.39, 0.29) is 25.7 Å². The van der Waals surface area contributed by atoms with Crippen LogP contribution in [-0.2, 0) is 8.98 Å². The molecule has 49 heavy (non-hydrogen) atoms. The highest BCUT2D eigenvalue weighted by molar-refractivity contribution is 7.94. The highest BCUT2D eigenvalue weighted by Crippen LogP contribution is 2.18. The quantitative estimate of drug-likeness (QED) is 0.0334. The van der Waals surface area contributed by atoms with Crippen LogP contribution in [0.2, 0.25) is 0 Å². The molecule has 0 bridgehead atoms. The van der Waals surface area contributed by atoms with Crippen LogP contribution < -0.4 is 5.32 Å². The van der Waals surface area contributed by atoms with Crippen molar-refractivity contribution in [1.82, 2.24) is 5.32 Å². The number of rotatable bonds is 40. The smallest absolute Gasteiger partial charge is 0.220 e. The van der Waals surface area contributed by atoms with E-state index in [4.69, 9.17) is 4.18 Å². The zero-order chi connectivity index (χ0) is 36.2. The first kappa shape index (κ1) is 48.7. The summed E-state index contributed by atoms with van der Waals surface area (Å²) in [6.07, 6.45) is 37.0. The normalized spacial score (nSPS) is 12.2. The molecular formula is C42H87N2O4S+. The first-order valence-electron chi connectivity index (χ1n) is 21.5. The summed E-state index contributed by atoms with van der Waals surface area (Å²) in [5.41, 5.74) is -1.13. The molecule has 3 N–H and O–H groups in total. The topological polar surface area (TPSA) is 78.8 Å². The van der Waals surface area contributed by atoms with E-state index in [1.54, 1.807) is 0 Å². The van der Waals surface area contributed by atoms with Crippen molar-refractivity contribution < 1.29 is 23.7 Å². The number of unbranched alkanes of at least 4 members (excludes halogenated alkanes) is 24. The molecule has 0 aromatic heterocycles. The van der Waals surface area contributed by atoms with Gasteiger partial charge in [-0.1, -0.05) is 162 Å². The van der Waals surface area contributed by atoms with Gasteiger partial charge in [0, 0.05) is 18.6 Å². The van der Waals surface area contributed by atoms with E-state index in [2.05, 4.69) is 33.1 Å². The molecule has 0 atom stereocenters. The number of aliphatic hydroxyl groups is 2. The third-order valence-corrected chi connectivity index (χ3v) is 11.2. The molecule has 0 rings (SSSR count). The van der Waals surface area contributed by atoms with E-state index in [0.717, 1.165) is 36.0 Å². The molecule has 0 saturated carbocycles. The van der Waals surface area contributed by atoms with Crippen molar-refractivity contribution in [2.24, 2.45) is 0 Å². The number of hydrogen-bond donors (Lipinski definition) is 3. The number of carbonyl (C=O) groups is 1. The average molecular weight is 716 g/mol. The highest BCUT2D eigenvalue weighted by atomic mass is 32.2. The Bertz CT molecular complexity index is 672. The van der Waals surface area contributed by atoms with Gasteiger partial charge in [0.05, 0.1) is 46.5 Å². The molecule has 0 unspecified atom stereocenters. The number of nitrogens with one attached hydrogen (secondary N) is 1. The Morgan fingerprint density at radius 2 is 0.898 bits per heavy atom. The van der Waals surface area contributed by atoms with Gasteiger partial charge in [0.15, 0.2) is 0 Å². The second-order valence-electron chi connectivity index (χ2n) is 15.6. The van der Waals surface area contributed by atoms with Gasteiger partial charge in [0.25, 0.3) is 0 Å². The molecule has 0 aromatic rings. The molecular weight excluding hydrogens is 629 g/mol. The number of hydrogen-bond acceptors (Lipinski definition) is 5. The van der Waals surface area contributed by atoms with Crippen LogP contribution in [0.1, 0.15) is 207 Å². The molecule has 294 valence electrons. The summed E-state index contributed by atoms with van der Waals surface area (Å²) in [6.45, 7) is 9.96. The molecule has 0 spiro atoms. The Labute approximate surface area is 310 Å². The maximum atomic E-state index is 12.7. The summed E-state index contributed by atoms with van der Waals surface area (Å²) >= 11 is 1.41. The highest BCUT2D eigenvalue weighted by Gasteiger charge is 2.31. The first-order chi connectivity index (χ1) is 23.9. The number of carbonyl (C=O) groups excluding carboxylic acids is 1. The summed E-state index contributed by atoms with van der Waals surface area (Å²) in [5, 5.41) is 23.0. The van der Waals surface area contributed by atoms with Gasteiger partial charge in [0.2, 0.25) is 5.91 Å². The van der Waals surface area contributed by atoms with Crippen LogP contribution in [-0.4, -0.2) is 78.4 Å². The Morgan fingerprint density at radius 3 is 1.29 bits per heavy atom. The van der Waals surface area contributed by atoms with Crippen molar-refractivity contribution in [2.75, 3.05) is 52.3 Å². The lowest BCUT2D eigenvalue weighted by Crippen LogP contribution is -2.57. The van der Waals surface area contributed by atoms with E-state index in [0.29, 0.717) is 6.42 Å². The second-order valence-corrected chi connectivity index (χ2v) is 16.5. The Hall–Kier alpha value is -0.340. The third-order valence-electron chi connectivity index (χ3n) is 10.5. The molecule has 7 heteroatoms. The number of aliphatic hydroxyl groups excluding tert-OH is 2. The predicted molar refractivity (Wildman–Crippen MR) is 215 cm³/mol. The molecule has 0 aliphatic heterocycles. The summed E-state index contributed by atoms with van der Waals surface area (Å²) < 4.78 is 7.04. The van der Waals surface area contributed by atoms with E-state index in [1.165, 1.54) is 186 Å². The van der Waals surface area contributed by atoms with Crippen LogP contribution in [0.3, 0.4) is 0 Å². The van der Waals surface area contributed by atoms with E-state index in [9.17, 15) is 15.0 Å². The fourth-order valence-electron chi connectivity index (χ4n) is 6.87. The van der Waals surface area contributed by atoms with Gasteiger partial charge in [-0.15, -0.1) is 0 Å². The maximum absolute atomic E-state index is 12.7. The summed E-state index contributed by atoms with van der Waals surface area (Å²) in [7, 11) is 2.46. The fraction of sp³-hybridized carbons (Fsp3) is 0.976. The lowest BCUT2D eigenvalue weighted by atomic mass is 10.0. The maximum Gasteiger partial charge on any atom is 0.220 e. The lowest BCUT2D eigenvalue weighted by Gasteiger charge is -2.35. The van der Waals surface area contributed by atoms with Gasteiger partial charge in [0.1, 0.15) is 5.54 Å². The molecule has 1 amide bonds. The minimum atomic E-state index is -1.13. The molecule has 6 nitrogen and oxygen atoms in total. The molecule has 0 heterocycles. The Morgan fingerprint density at radius 1 is 0.551 bits per heavy atom. The lowest BCUT2D eigenvalue weighted by molar-refractivity contribution is -0.910. The molecule has 0 radical (unpaired) electrons. The van der Waals surface area contributed by atoms with Crippen molar-refractivity contribution in [2.45, 2.75) is 213 Å². The summed E-state index contributed by atoms with van der Waals surface area (Å²) in [5.74, 6) is 0.769. The van der Waals surface area contributed by atoms with Crippen molar-refractivity contribution in [3.63, 3.8) is 0 Å². The van der Waals surface area contributed by atoms with Gasteiger partial charge in [-0.05, 0) is 44.1 Å². The predicted octanol–water partition coefficient (Wildman–Crippen LogP) is 11.3. The van der Waals surface area contributed by atoms with Crippen molar-refractivity contribution in [3.8, 4) is 0 Å². The molecule has 0 aliphatic carbocycles. The van der Waals surface area contributed by atoms with Crippen molar-refractivity contribution >= 4 is 17.9 Å². The molecule has 0 saturated heterocycles. The van der Waals surface area contributed by atoms with Crippen LogP contribution in [0.15, 0.2) is 0 Å². The largest absolute Gasteiger partial charge is 0.394 e. The van der Waals surface area contributed by atoms with Crippen LogP contribution in [0.4, 0.5) is 0 Å². The first-order valence-corrected chi connectivity index (χ1v) is 22.4. The van der Waals surface area contributed by atoms with Gasteiger partial charge < -0.3 is 24.2 Å². The Balaban J connectivity index is 4.40. The average Bonchev–Trinajstić information content (AvgIpc) is 3.10. The van der Waals surface area contributed by atoms with Crippen molar-refractivity contribution in [3.05, 3.63) is 0 Å². The van der Waals surface area contributed by atoms with E-state index in [1.807, 2.05) is 0 Å². The van der Waals surface area contributed by atoms with Gasteiger partial charge in [-0.2, -0.15) is 0 Å². The zero-order valence-electron chi connectivity index (χ0n) is 33.5. The van der Waals surface area contributed by atoms with Gasteiger partial charge in [-0.25, -0.2) is 0 Å². The number of amides is 1. The zero-order valence-corrected chi connectivity index (χ0v) is 34.3.